The number of ether oxygens (including phenoxy) is 1. The molecule has 3 N–H and O–H groups in total. The van der Waals surface area contributed by atoms with Gasteiger partial charge in [0.15, 0.2) is 0 Å². The van der Waals surface area contributed by atoms with E-state index in [2.05, 4.69) is 31.3 Å². The van der Waals surface area contributed by atoms with Crippen LogP contribution in [0.4, 0.5) is 0 Å². The minimum Gasteiger partial charge on any atom is -0.463 e. The number of phosphoric acid groups is 1. The van der Waals surface area contributed by atoms with E-state index in [1.54, 1.807) is 0 Å². The van der Waals surface area contributed by atoms with Crippen LogP contribution in [0.1, 0.15) is 232 Å². The molecule has 10 heteroatoms. The van der Waals surface area contributed by atoms with Crippen LogP contribution in [-0.4, -0.2) is 54.3 Å². The molecule has 0 heterocycles. The van der Waals surface area contributed by atoms with Gasteiger partial charge in [0.25, 0.3) is 0 Å². The van der Waals surface area contributed by atoms with Crippen LogP contribution in [0.2, 0.25) is 0 Å². The van der Waals surface area contributed by atoms with Crippen molar-refractivity contribution in [1.82, 2.24) is 5.32 Å². The highest BCUT2D eigenvalue weighted by Crippen LogP contribution is 2.42. The van der Waals surface area contributed by atoms with E-state index in [0.717, 1.165) is 57.8 Å². The number of phosphoric ester groups is 1. The topological polar surface area (TPSA) is 131 Å². The number of carbonyl (C=O) groups is 2. The second kappa shape index (κ2) is 42.4. The molecular weight excluding hydrogens is 713 g/mol. The Labute approximate surface area is 338 Å². The molecule has 0 radical (unpaired) electrons. The van der Waals surface area contributed by atoms with Gasteiger partial charge in [0.1, 0.15) is 12.7 Å². The van der Waals surface area contributed by atoms with Crippen molar-refractivity contribution in [2.75, 3.05) is 26.4 Å². The SMILES string of the molecule is CCCCC/C=C\CCCCCCCC(=O)OCC(O)COP(=O)(O)OCCNC(=O)CCCCCCCCCCCCCCCCCCCCCCCC. The highest BCUT2D eigenvalue weighted by Gasteiger charge is 2.23. The molecule has 0 saturated heterocycles. The van der Waals surface area contributed by atoms with Crippen molar-refractivity contribution < 1.29 is 37.9 Å². The molecule has 0 aromatic rings. The van der Waals surface area contributed by atoms with Crippen molar-refractivity contribution in [3.8, 4) is 0 Å². The maximum atomic E-state index is 12.1. The van der Waals surface area contributed by atoms with Gasteiger partial charge in [-0.05, 0) is 38.5 Å². The third-order valence-electron chi connectivity index (χ3n) is 10.2. The second-order valence-corrected chi connectivity index (χ2v) is 17.2. The maximum Gasteiger partial charge on any atom is 0.472 e. The first-order valence-electron chi connectivity index (χ1n) is 23.2. The van der Waals surface area contributed by atoms with Gasteiger partial charge >= 0.3 is 13.8 Å². The molecular formula is C45H88NO8P. The van der Waals surface area contributed by atoms with Gasteiger partial charge in [0.2, 0.25) is 5.91 Å². The zero-order valence-electron chi connectivity index (χ0n) is 35.9. The number of nitrogens with one attached hydrogen (secondary N) is 1. The van der Waals surface area contributed by atoms with Crippen LogP contribution < -0.4 is 5.32 Å². The fourth-order valence-electron chi connectivity index (χ4n) is 6.67. The lowest BCUT2D eigenvalue weighted by molar-refractivity contribution is -0.147. The van der Waals surface area contributed by atoms with Crippen molar-refractivity contribution in [2.24, 2.45) is 0 Å². The average molecular weight is 802 g/mol. The van der Waals surface area contributed by atoms with Gasteiger partial charge in [-0.25, -0.2) is 4.57 Å². The summed E-state index contributed by atoms with van der Waals surface area (Å²) in [5.74, 6) is -0.516. The summed E-state index contributed by atoms with van der Waals surface area (Å²) in [4.78, 5) is 33.9. The van der Waals surface area contributed by atoms with Gasteiger partial charge in [0, 0.05) is 19.4 Å². The first kappa shape index (κ1) is 53.8. The fraction of sp³-hybridized carbons (Fsp3) is 0.911. The number of aliphatic hydroxyl groups is 1. The normalized spacial score (nSPS) is 13.3. The Balaban J connectivity index is 3.52. The number of hydrogen-bond acceptors (Lipinski definition) is 7. The van der Waals surface area contributed by atoms with Crippen molar-refractivity contribution >= 4 is 19.7 Å². The quantitative estimate of drug-likeness (QED) is 0.0240. The van der Waals surface area contributed by atoms with Crippen molar-refractivity contribution in [2.45, 2.75) is 238 Å². The molecule has 326 valence electrons. The van der Waals surface area contributed by atoms with E-state index in [1.165, 1.54) is 148 Å². The Morgan fingerprint density at radius 3 is 1.40 bits per heavy atom. The number of carbonyl (C=O) groups excluding carboxylic acids is 2. The van der Waals surface area contributed by atoms with Crippen LogP contribution in [0.25, 0.3) is 0 Å². The summed E-state index contributed by atoms with van der Waals surface area (Å²) in [6.45, 7) is 3.55. The summed E-state index contributed by atoms with van der Waals surface area (Å²) in [7, 11) is -4.41. The second-order valence-electron chi connectivity index (χ2n) is 15.7. The van der Waals surface area contributed by atoms with E-state index >= 15 is 0 Å². The largest absolute Gasteiger partial charge is 0.472 e. The van der Waals surface area contributed by atoms with Crippen LogP contribution in [0.5, 0.6) is 0 Å². The van der Waals surface area contributed by atoms with Gasteiger partial charge in [-0.3, -0.25) is 18.6 Å². The molecule has 0 aliphatic rings. The number of aliphatic hydroxyl groups excluding tert-OH is 1. The third-order valence-corrected chi connectivity index (χ3v) is 11.2. The smallest absolute Gasteiger partial charge is 0.463 e. The van der Waals surface area contributed by atoms with Crippen LogP contribution in [0.3, 0.4) is 0 Å². The fourth-order valence-corrected chi connectivity index (χ4v) is 7.43. The first-order chi connectivity index (χ1) is 26.8. The molecule has 2 atom stereocenters. The van der Waals surface area contributed by atoms with Crippen molar-refractivity contribution in [3.63, 3.8) is 0 Å². The molecule has 55 heavy (non-hydrogen) atoms. The maximum absolute atomic E-state index is 12.1. The molecule has 9 nitrogen and oxygen atoms in total. The molecule has 0 fully saturated rings. The monoisotopic (exact) mass is 802 g/mol. The van der Waals surface area contributed by atoms with Crippen LogP contribution in [-0.2, 0) is 27.9 Å². The average Bonchev–Trinajstić information content (AvgIpc) is 3.17. The van der Waals surface area contributed by atoms with Crippen LogP contribution in [0.15, 0.2) is 12.2 Å². The predicted molar refractivity (Wildman–Crippen MR) is 229 cm³/mol. The summed E-state index contributed by atoms with van der Waals surface area (Å²) in [6.07, 6.45) is 44.4. The summed E-state index contributed by atoms with van der Waals surface area (Å²) < 4.78 is 26.9. The number of allylic oxidation sites excluding steroid dienone is 2. The van der Waals surface area contributed by atoms with Crippen LogP contribution >= 0.6 is 7.82 Å². The molecule has 0 saturated carbocycles. The Morgan fingerprint density at radius 1 is 0.545 bits per heavy atom. The zero-order chi connectivity index (χ0) is 40.3. The number of amides is 1. The zero-order valence-corrected chi connectivity index (χ0v) is 36.8. The lowest BCUT2D eigenvalue weighted by Gasteiger charge is -2.15. The van der Waals surface area contributed by atoms with E-state index in [0.29, 0.717) is 6.42 Å². The molecule has 0 aromatic heterocycles. The summed E-state index contributed by atoms with van der Waals surface area (Å²) in [5, 5.41) is 12.7. The number of hydrogen-bond donors (Lipinski definition) is 3. The Morgan fingerprint density at radius 2 is 0.927 bits per heavy atom. The molecule has 0 aliphatic carbocycles. The molecule has 0 rings (SSSR count). The Kier molecular flexibility index (Phi) is 41.4. The molecule has 0 spiro atoms. The van der Waals surface area contributed by atoms with E-state index in [4.69, 9.17) is 13.8 Å². The molecule has 0 aliphatic heterocycles. The minimum atomic E-state index is -4.41. The van der Waals surface area contributed by atoms with Crippen LogP contribution in [0, 0.1) is 0 Å². The lowest BCUT2D eigenvalue weighted by atomic mass is 10.0. The lowest BCUT2D eigenvalue weighted by Crippen LogP contribution is -2.27. The Hall–Kier alpha value is -1.25. The van der Waals surface area contributed by atoms with E-state index < -0.39 is 26.5 Å². The minimum absolute atomic E-state index is 0.0857. The summed E-state index contributed by atoms with van der Waals surface area (Å²) in [5.41, 5.74) is 0. The first-order valence-corrected chi connectivity index (χ1v) is 24.7. The van der Waals surface area contributed by atoms with Crippen molar-refractivity contribution in [1.29, 1.82) is 0 Å². The highest BCUT2D eigenvalue weighted by atomic mass is 31.2. The highest BCUT2D eigenvalue weighted by molar-refractivity contribution is 7.47. The molecule has 0 aromatic carbocycles. The number of esters is 1. The standard InChI is InChI=1S/C45H88NO8P/c1-3-5-7-9-11-13-15-17-18-19-20-21-22-23-24-25-26-27-29-31-33-35-37-44(48)46-39-40-53-55(50,51)54-42-43(47)41-52-45(49)38-36-34-32-30-28-16-14-12-10-8-6-4-2/h12,14,43,47H,3-11,13,15-42H2,1-2H3,(H,46,48)(H,50,51)/b14-12-. The van der Waals surface area contributed by atoms with E-state index in [-0.39, 0.29) is 32.1 Å². The van der Waals surface area contributed by atoms with Gasteiger partial charge < -0.3 is 20.1 Å². The summed E-state index contributed by atoms with van der Waals surface area (Å²) in [6, 6.07) is 0. The predicted octanol–water partition coefficient (Wildman–Crippen LogP) is 13.0. The van der Waals surface area contributed by atoms with Gasteiger partial charge in [-0.1, -0.05) is 193 Å². The molecule has 1 amide bonds. The molecule has 2 unspecified atom stereocenters. The number of unbranched alkanes of at least 4 members (excludes halogenated alkanes) is 29. The Bertz CT molecular complexity index is 917. The van der Waals surface area contributed by atoms with E-state index in [1.807, 2.05) is 0 Å². The number of rotatable bonds is 44. The van der Waals surface area contributed by atoms with Gasteiger partial charge in [0.05, 0.1) is 13.2 Å². The van der Waals surface area contributed by atoms with E-state index in [9.17, 15) is 24.2 Å². The van der Waals surface area contributed by atoms with Gasteiger partial charge in [-0.15, -0.1) is 0 Å². The molecule has 0 bridgehead atoms. The third kappa shape index (κ3) is 43.7. The van der Waals surface area contributed by atoms with Gasteiger partial charge in [-0.2, -0.15) is 0 Å². The van der Waals surface area contributed by atoms with Crippen molar-refractivity contribution in [3.05, 3.63) is 12.2 Å². The summed E-state index contributed by atoms with van der Waals surface area (Å²) >= 11 is 0.